The molecule has 7 aromatic rings. The lowest BCUT2D eigenvalue weighted by molar-refractivity contribution is 0.292. The van der Waals surface area contributed by atoms with Gasteiger partial charge in [-0.25, -0.2) is 0 Å². The summed E-state index contributed by atoms with van der Waals surface area (Å²) in [5, 5.41) is 21.2. The Morgan fingerprint density at radius 2 is 1.29 bits per heavy atom. The number of hydrogen-bond donors (Lipinski definition) is 0. The lowest BCUT2D eigenvalue weighted by Crippen LogP contribution is -2.08. The highest BCUT2D eigenvalue weighted by Crippen LogP contribution is 2.33. The molecule has 0 aliphatic heterocycles. The van der Waals surface area contributed by atoms with Gasteiger partial charge in [0.05, 0.1) is 0 Å². The molecule has 0 aliphatic carbocycles. The minimum atomic E-state index is 0.359. The van der Waals surface area contributed by atoms with E-state index in [1.807, 2.05) is 54.6 Å². The SMILES string of the molecule is C=N/N=C(\OCc1ccc(-c2ccc(-c3nnc(-c4cccc5ccccc45)o3)c(C)c2)cc1C)c1cccc2ccccc12. The van der Waals surface area contributed by atoms with Crippen molar-refractivity contribution in [2.45, 2.75) is 20.5 Å². The summed E-state index contributed by atoms with van der Waals surface area (Å²) in [7, 11) is 0. The number of fused-ring (bicyclic) bond motifs is 2. The topological polar surface area (TPSA) is 72.9 Å². The summed E-state index contributed by atoms with van der Waals surface area (Å²) < 4.78 is 12.4. The van der Waals surface area contributed by atoms with Crippen LogP contribution in [0.25, 0.3) is 55.6 Å². The Bertz CT molecular complexity index is 2220. The summed E-state index contributed by atoms with van der Waals surface area (Å²) in [5.74, 6) is 1.46. The first-order valence-corrected chi connectivity index (χ1v) is 14.8. The normalized spacial score (nSPS) is 11.6. The average Bonchev–Trinajstić information content (AvgIpc) is 3.56. The van der Waals surface area contributed by atoms with Crippen LogP contribution in [0.5, 0.6) is 0 Å². The van der Waals surface area contributed by atoms with Gasteiger partial charge in [0.1, 0.15) is 6.61 Å². The van der Waals surface area contributed by atoms with Crippen molar-refractivity contribution in [1.29, 1.82) is 0 Å². The molecule has 6 heteroatoms. The molecular weight excluding hydrogens is 556 g/mol. The molecule has 1 heterocycles. The molecule has 0 aliphatic rings. The number of hydrogen-bond acceptors (Lipinski definition) is 6. The molecule has 218 valence electrons. The van der Waals surface area contributed by atoms with E-state index >= 15 is 0 Å². The predicted octanol–water partition coefficient (Wildman–Crippen LogP) is 9.57. The van der Waals surface area contributed by atoms with Crippen LogP contribution in [-0.2, 0) is 11.3 Å². The zero-order chi connectivity index (χ0) is 30.8. The number of aryl methyl sites for hydroxylation is 2. The van der Waals surface area contributed by atoms with E-state index in [2.05, 4.69) is 108 Å². The summed E-state index contributed by atoms with van der Waals surface area (Å²) >= 11 is 0. The van der Waals surface area contributed by atoms with Crippen LogP contribution in [0.3, 0.4) is 0 Å². The van der Waals surface area contributed by atoms with E-state index in [0.717, 1.165) is 66.1 Å². The Hall–Kier alpha value is -5.88. The zero-order valence-corrected chi connectivity index (χ0v) is 25.1. The van der Waals surface area contributed by atoms with Crippen LogP contribution < -0.4 is 0 Å². The molecule has 0 saturated heterocycles. The molecule has 0 atom stereocenters. The van der Waals surface area contributed by atoms with Gasteiger partial charge in [-0.2, -0.15) is 5.10 Å². The van der Waals surface area contributed by atoms with Crippen molar-refractivity contribution in [1.82, 2.24) is 10.2 Å². The molecule has 7 rings (SSSR count). The van der Waals surface area contributed by atoms with Gasteiger partial charge in [-0.3, -0.25) is 0 Å². The van der Waals surface area contributed by atoms with E-state index in [0.29, 0.717) is 24.3 Å². The van der Waals surface area contributed by atoms with E-state index in [-0.39, 0.29) is 0 Å². The van der Waals surface area contributed by atoms with E-state index < -0.39 is 0 Å². The van der Waals surface area contributed by atoms with Gasteiger partial charge in [0.2, 0.25) is 17.7 Å². The summed E-state index contributed by atoms with van der Waals surface area (Å²) in [6.45, 7) is 8.07. The highest BCUT2D eigenvalue weighted by atomic mass is 16.5. The Kier molecular flexibility index (Phi) is 7.46. The van der Waals surface area contributed by atoms with Crippen molar-refractivity contribution in [3.05, 3.63) is 144 Å². The standard InChI is InChI=1S/C39H30N4O2/c1-25-22-29(18-19-31(25)24-44-37(41-40-3)35-16-8-12-27-10-4-6-14-33(27)35)30-20-21-32(26(2)23-30)38-42-43-39(45-38)36-17-9-13-28-11-5-7-15-34(28)36/h4-23H,3,24H2,1-2H3/b41-37-. The monoisotopic (exact) mass is 586 g/mol. The molecular formula is C39H30N4O2. The molecule has 0 amide bonds. The number of benzene rings is 6. The summed E-state index contributed by atoms with van der Waals surface area (Å²) in [6, 6.07) is 41.2. The molecule has 0 saturated carbocycles. The molecule has 6 nitrogen and oxygen atoms in total. The summed E-state index contributed by atoms with van der Waals surface area (Å²) in [5.41, 5.74) is 8.19. The number of ether oxygens (including phenoxy) is 1. The molecule has 0 radical (unpaired) electrons. The van der Waals surface area contributed by atoms with Crippen molar-refractivity contribution in [3.8, 4) is 34.0 Å². The molecule has 0 fully saturated rings. The van der Waals surface area contributed by atoms with Crippen LogP contribution in [0, 0.1) is 13.8 Å². The third-order valence-corrected chi connectivity index (χ3v) is 8.12. The maximum absolute atomic E-state index is 6.22. The highest BCUT2D eigenvalue weighted by Gasteiger charge is 2.16. The smallest absolute Gasteiger partial charge is 0.248 e. The molecule has 0 N–H and O–H groups in total. The second-order valence-electron chi connectivity index (χ2n) is 11.0. The average molecular weight is 587 g/mol. The van der Waals surface area contributed by atoms with Crippen molar-refractivity contribution in [2.24, 2.45) is 10.2 Å². The van der Waals surface area contributed by atoms with Crippen molar-refractivity contribution >= 4 is 34.2 Å². The first-order valence-electron chi connectivity index (χ1n) is 14.8. The molecule has 6 aromatic carbocycles. The van der Waals surface area contributed by atoms with Gasteiger partial charge in [-0.1, -0.05) is 103 Å². The Balaban J connectivity index is 1.10. The predicted molar refractivity (Wildman–Crippen MR) is 182 cm³/mol. The molecule has 0 unspecified atom stereocenters. The molecule has 0 bridgehead atoms. The van der Waals surface area contributed by atoms with Crippen molar-refractivity contribution < 1.29 is 9.15 Å². The Morgan fingerprint density at radius 3 is 2.02 bits per heavy atom. The van der Waals surface area contributed by atoms with Gasteiger partial charge in [0.15, 0.2) is 0 Å². The van der Waals surface area contributed by atoms with Gasteiger partial charge in [-0.15, -0.1) is 15.3 Å². The molecule has 1 aromatic heterocycles. The van der Waals surface area contributed by atoms with Gasteiger partial charge < -0.3 is 9.15 Å². The third kappa shape index (κ3) is 5.50. The van der Waals surface area contributed by atoms with Crippen LogP contribution in [0.2, 0.25) is 0 Å². The largest absolute Gasteiger partial charge is 0.471 e. The first kappa shape index (κ1) is 27.9. The van der Waals surface area contributed by atoms with E-state index in [1.165, 1.54) is 0 Å². The van der Waals surface area contributed by atoms with Gasteiger partial charge in [-0.05, 0) is 81.4 Å². The minimum Gasteiger partial charge on any atom is -0.471 e. The second-order valence-corrected chi connectivity index (χ2v) is 11.0. The summed E-state index contributed by atoms with van der Waals surface area (Å²) in [4.78, 5) is 0. The maximum atomic E-state index is 6.22. The van der Waals surface area contributed by atoms with Crippen LogP contribution >= 0.6 is 0 Å². The van der Waals surface area contributed by atoms with Crippen molar-refractivity contribution in [2.75, 3.05) is 0 Å². The molecule has 45 heavy (non-hydrogen) atoms. The van der Waals surface area contributed by atoms with Crippen molar-refractivity contribution in [3.63, 3.8) is 0 Å². The van der Waals surface area contributed by atoms with E-state index in [4.69, 9.17) is 9.15 Å². The number of nitrogens with zero attached hydrogens (tertiary/aromatic N) is 4. The van der Waals surface area contributed by atoms with Crippen LogP contribution in [0.4, 0.5) is 0 Å². The maximum Gasteiger partial charge on any atom is 0.248 e. The van der Waals surface area contributed by atoms with E-state index in [9.17, 15) is 0 Å². The quantitative estimate of drug-likeness (QED) is 0.106. The zero-order valence-electron chi connectivity index (χ0n) is 25.1. The minimum absolute atomic E-state index is 0.359. The highest BCUT2D eigenvalue weighted by molar-refractivity contribution is 6.07. The van der Waals surface area contributed by atoms with Crippen LogP contribution in [-0.4, -0.2) is 22.8 Å². The van der Waals surface area contributed by atoms with Crippen LogP contribution in [0.15, 0.2) is 136 Å². The Labute approximate surface area is 261 Å². The fourth-order valence-corrected chi connectivity index (χ4v) is 5.76. The lowest BCUT2D eigenvalue weighted by atomic mass is 9.97. The van der Waals surface area contributed by atoms with E-state index in [1.54, 1.807) is 0 Å². The van der Waals surface area contributed by atoms with Gasteiger partial charge in [0, 0.05) is 23.4 Å². The lowest BCUT2D eigenvalue weighted by Gasteiger charge is -2.14. The second kappa shape index (κ2) is 12.0. The third-order valence-electron chi connectivity index (χ3n) is 8.12. The first-order chi connectivity index (χ1) is 22.1. The molecule has 0 spiro atoms. The number of aromatic nitrogens is 2. The van der Waals surface area contributed by atoms with Gasteiger partial charge in [0.25, 0.3) is 0 Å². The fourth-order valence-electron chi connectivity index (χ4n) is 5.76. The Morgan fingerprint density at radius 1 is 0.667 bits per heavy atom. The number of rotatable bonds is 7. The van der Waals surface area contributed by atoms with Gasteiger partial charge >= 0.3 is 0 Å². The fraction of sp³-hybridized carbons (Fsp3) is 0.0769. The summed E-state index contributed by atoms with van der Waals surface area (Å²) in [6.07, 6.45) is 0. The van der Waals surface area contributed by atoms with Crippen LogP contribution in [0.1, 0.15) is 22.3 Å².